The van der Waals surface area contributed by atoms with E-state index in [-0.39, 0.29) is 5.96 Å². The normalized spacial score (nSPS) is 11.3. The first-order chi connectivity index (χ1) is 5.72. The molecule has 0 saturated heterocycles. The molecule has 0 saturated carbocycles. The maximum absolute atomic E-state index is 8.30. The first-order valence-corrected chi connectivity index (χ1v) is 3.25. The van der Waals surface area contributed by atoms with E-state index in [1.54, 1.807) is 12.4 Å². The molecule has 4 N–H and O–H groups in total. The molecule has 1 aromatic heterocycles. The van der Waals surface area contributed by atoms with E-state index in [0.29, 0.717) is 11.5 Å². The minimum Gasteiger partial charge on any atom is -0.368 e. The zero-order chi connectivity index (χ0) is 8.97. The Morgan fingerprint density at radius 3 is 2.67 bits per heavy atom. The highest BCUT2D eigenvalue weighted by atomic mass is 16.5. The summed E-state index contributed by atoms with van der Waals surface area (Å²) in [6.07, 6.45) is 3.01. The van der Waals surface area contributed by atoms with Crippen molar-refractivity contribution in [3.05, 3.63) is 18.2 Å². The van der Waals surface area contributed by atoms with Crippen molar-refractivity contribution in [2.75, 3.05) is 0 Å². The molecule has 0 unspecified atom stereocenters. The molecule has 1 aromatic rings. The zero-order valence-electron chi connectivity index (χ0n) is 6.52. The van der Waals surface area contributed by atoms with Gasteiger partial charge in [-0.3, -0.25) is 5.21 Å². The Hall–Kier alpha value is -1.69. The number of hydrogen-bond donors (Lipinski definition) is 3. The van der Waals surface area contributed by atoms with Crippen molar-refractivity contribution in [3.8, 4) is 0 Å². The lowest BCUT2D eigenvalue weighted by atomic mass is 10.5. The molecule has 6 nitrogen and oxygen atoms in total. The quantitative estimate of drug-likeness (QED) is 0.303. The van der Waals surface area contributed by atoms with Crippen LogP contribution in [0.15, 0.2) is 17.4 Å². The summed E-state index contributed by atoms with van der Waals surface area (Å²) < 4.78 is 0. The molecule has 12 heavy (non-hydrogen) atoms. The summed E-state index contributed by atoms with van der Waals surface area (Å²) in [5.41, 5.74) is 7.36. The summed E-state index contributed by atoms with van der Waals surface area (Å²) in [4.78, 5) is 11.5. The summed E-state index contributed by atoms with van der Waals surface area (Å²) in [5, 5.41) is 8.30. The van der Waals surface area contributed by atoms with E-state index in [4.69, 9.17) is 10.9 Å². The van der Waals surface area contributed by atoms with E-state index >= 15 is 0 Å². The molecule has 0 amide bonds. The van der Waals surface area contributed by atoms with Crippen LogP contribution in [-0.2, 0) is 0 Å². The molecule has 64 valence electrons. The number of aryl methyl sites for hydroxylation is 1. The Labute approximate surface area is 69.1 Å². The minimum atomic E-state index is -0.0950. The summed E-state index contributed by atoms with van der Waals surface area (Å²) in [5.74, 6) is 0.562. The van der Waals surface area contributed by atoms with Crippen LogP contribution in [0.1, 0.15) is 5.82 Å². The van der Waals surface area contributed by atoms with Crippen molar-refractivity contribution in [1.29, 1.82) is 0 Å². The second kappa shape index (κ2) is 3.63. The number of aliphatic imine (C=N–C) groups is 1. The summed E-state index contributed by atoms with van der Waals surface area (Å²) >= 11 is 0. The molecule has 0 aliphatic heterocycles. The number of nitrogens with zero attached hydrogens (tertiary/aromatic N) is 3. The van der Waals surface area contributed by atoms with E-state index < -0.39 is 0 Å². The van der Waals surface area contributed by atoms with Crippen molar-refractivity contribution in [1.82, 2.24) is 15.4 Å². The average Bonchev–Trinajstić information content (AvgIpc) is 2.09. The van der Waals surface area contributed by atoms with Crippen LogP contribution in [0.4, 0.5) is 5.69 Å². The molecule has 0 aliphatic rings. The standard InChI is InChI=1S/C6H9N5O/c1-4-8-2-5(3-9-4)10-6(7)11-12/h2-3,12H,1H3,(H3,7,10,11). The number of nitrogens with two attached hydrogens (primary N) is 1. The molecule has 0 atom stereocenters. The van der Waals surface area contributed by atoms with E-state index in [9.17, 15) is 0 Å². The van der Waals surface area contributed by atoms with Gasteiger partial charge in [-0.15, -0.1) is 0 Å². The molecule has 1 heterocycles. The number of nitrogens with one attached hydrogen (secondary N) is 1. The maximum Gasteiger partial charge on any atom is 0.218 e. The van der Waals surface area contributed by atoms with Crippen LogP contribution in [0.25, 0.3) is 0 Å². The number of hydrogen-bond acceptors (Lipinski definition) is 4. The summed E-state index contributed by atoms with van der Waals surface area (Å²) in [6, 6.07) is 0. The van der Waals surface area contributed by atoms with Gasteiger partial charge >= 0.3 is 0 Å². The van der Waals surface area contributed by atoms with E-state index in [0.717, 1.165) is 0 Å². The van der Waals surface area contributed by atoms with Gasteiger partial charge in [0.25, 0.3) is 0 Å². The van der Waals surface area contributed by atoms with Gasteiger partial charge in [-0.1, -0.05) is 0 Å². The van der Waals surface area contributed by atoms with Crippen LogP contribution in [0.5, 0.6) is 0 Å². The number of rotatable bonds is 1. The average molecular weight is 167 g/mol. The van der Waals surface area contributed by atoms with Crippen LogP contribution >= 0.6 is 0 Å². The van der Waals surface area contributed by atoms with Gasteiger partial charge in [0.2, 0.25) is 5.96 Å². The fourth-order valence-electron chi connectivity index (χ4n) is 0.608. The van der Waals surface area contributed by atoms with Gasteiger partial charge in [-0.05, 0) is 6.92 Å². The van der Waals surface area contributed by atoms with Gasteiger partial charge in [-0.25, -0.2) is 20.4 Å². The first-order valence-electron chi connectivity index (χ1n) is 3.25. The van der Waals surface area contributed by atoms with E-state index in [2.05, 4.69) is 15.0 Å². The van der Waals surface area contributed by atoms with Crippen molar-refractivity contribution < 1.29 is 5.21 Å². The van der Waals surface area contributed by atoms with Gasteiger partial charge in [0, 0.05) is 0 Å². The van der Waals surface area contributed by atoms with Crippen LogP contribution < -0.4 is 11.2 Å². The molecule has 0 fully saturated rings. The fraction of sp³-hybridized carbons (Fsp3) is 0.167. The molecular formula is C6H9N5O. The monoisotopic (exact) mass is 167 g/mol. The first kappa shape index (κ1) is 8.41. The molecule has 0 spiro atoms. The Balaban J connectivity index is 2.84. The SMILES string of the molecule is Cc1ncc(N=C(N)NO)cn1. The lowest BCUT2D eigenvalue weighted by Crippen LogP contribution is -2.27. The Morgan fingerprint density at radius 1 is 1.58 bits per heavy atom. The van der Waals surface area contributed by atoms with Crippen LogP contribution in [0.2, 0.25) is 0 Å². The molecule has 1 rings (SSSR count). The lowest BCUT2D eigenvalue weighted by molar-refractivity contribution is 0.233. The van der Waals surface area contributed by atoms with Crippen molar-refractivity contribution >= 4 is 11.6 Å². The second-order valence-electron chi connectivity index (χ2n) is 2.10. The maximum atomic E-state index is 8.30. The van der Waals surface area contributed by atoms with Gasteiger partial charge in [-0.2, -0.15) is 0 Å². The van der Waals surface area contributed by atoms with Crippen molar-refractivity contribution in [2.45, 2.75) is 6.92 Å². The topological polar surface area (TPSA) is 96.4 Å². The molecule has 6 heteroatoms. The van der Waals surface area contributed by atoms with E-state index in [1.165, 1.54) is 12.4 Å². The van der Waals surface area contributed by atoms with Gasteiger partial charge in [0.1, 0.15) is 11.5 Å². The third-order valence-corrected chi connectivity index (χ3v) is 1.13. The minimum absolute atomic E-state index is 0.0950. The highest BCUT2D eigenvalue weighted by molar-refractivity contribution is 5.79. The molecule has 0 aromatic carbocycles. The molecule has 0 bridgehead atoms. The van der Waals surface area contributed by atoms with Crippen LogP contribution in [0, 0.1) is 6.92 Å². The molecule has 0 aliphatic carbocycles. The highest BCUT2D eigenvalue weighted by Gasteiger charge is 1.92. The zero-order valence-corrected chi connectivity index (χ0v) is 6.52. The van der Waals surface area contributed by atoms with Crippen LogP contribution in [-0.4, -0.2) is 21.1 Å². The van der Waals surface area contributed by atoms with Crippen molar-refractivity contribution in [2.24, 2.45) is 10.7 Å². The second-order valence-corrected chi connectivity index (χ2v) is 2.10. The third-order valence-electron chi connectivity index (χ3n) is 1.13. The summed E-state index contributed by atoms with van der Waals surface area (Å²) in [7, 11) is 0. The Morgan fingerprint density at radius 2 is 2.17 bits per heavy atom. The van der Waals surface area contributed by atoms with Gasteiger partial charge in [0.05, 0.1) is 12.4 Å². The predicted molar refractivity (Wildman–Crippen MR) is 43.0 cm³/mol. The Bertz CT molecular complexity index is 280. The molecular weight excluding hydrogens is 158 g/mol. The van der Waals surface area contributed by atoms with E-state index in [1.807, 2.05) is 0 Å². The predicted octanol–water partition coefficient (Wildman–Crippen LogP) is -0.290. The number of hydroxylamine groups is 1. The van der Waals surface area contributed by atoms with Crippen LogP contribution in [0.3, 0.4) is 0 Å². The summed E-state index contributed by atoms with van der Waals surface area (Å²) in [6.45, 7) is 1.77. The smallest absolute Gasteiger partial charge is 0.218 e. The van der Waals surface area contributed by atoms with Gasteiger partial charge < -0.3 is 5.73 Å². The Kier molecular flexibility index (Phi) is 2.54. The molecule has 0 radical (unpaired) electrons. The number of aromatic nitrogens is 2. The van der Waals surface area contributed by atoms with Crippen molar-refractivity contribution in [3.63, 3.8) is 0 Å². The van der Waals surface area contributed by atoms with Gasteiger partial charge in [0.15, 0.2) is 0 Å². The number of guanidine groups is 1. The highest BCUT2D eigenvalue weighted by Crippen LogP contribution is 2.05. The lowest BCUT2D eigenvalue weighted by Gasteiger charge is -1.96. The third kappa shape index (κ3) is 2.17. The largest absolute Gasteiger partial charge is 0.368 e. The fourth-order valence-corrected chi connectivity index (χ4v) is 0.608.